The molecule has 2 rings (SSSR count). The maximum atomic E-state index is 12.1. The lowest BCUT2D eigenvalue weighted by atomic mass is 9.91. The highest BCUT2D eigenvalue weighted by molar-refractivity contribution is 5.82. The third-order valence-electron chi connectivity index (χ3n) is 3.83. The quantitative estimate of drug-likeness (QED) is 0.745. The Morgan fingerprint density at radius 3 is 2.53 bits per heavy atom. The molecule has 2 aliphatic carbocycles. The van der Waals surface area contributed by atoms with Crippen molar-refractivity contribution >= 4 is 5.91 Å². The molecule has 0 bridgehead atoms. The van der Waals surface area contributed by atoms with Gasteiger partial charge in [0.1, 0.15) is 0 Å². The molecular formula is C12H22N2O. The van der Waals surface area contributed by atoms with E-state index in [1.54, 1.807) is 0 Å². The zero-order valence-corrected chi connectivity index (χ0v) is 9.61. The molecule has 0 aromatic carbocycles. The second kappa shape index (κ2) is 4.52. The maximum Gasteiger partial charge on any atom is 0.226 e. The maximum absolute atomic E-state index is 12.1. The molecule has 3 heteroatoms. The molecular weight excluding hydrogens is 188 g/mol. The van der Waals surface area contributed by atoms with Gasteiger partial charge in [-0.15, -0.1) is 0 Å². The molecule has 2 atom stereocenters. The van der Waals surface area contributed by atoms with Crippen molar-refractivity contribution < 1.29 is 4.79 Å². The van der Waals surface area contributed by atoms with E-state index in [1.807, 2.05) is 0 Å². The topological polar surface area (TPSA) is 46.3 Å². The van der Waals surface area contributed by atoms with E-state index in [2.05, 4.69) is 11.8 Å². The summed E-state index contributed by atoms with van der Waals surface area (Å²) < 4.78 is 0. The Morgan fingerprint density at radius 1 is 1.47 bits per heavy atom. The number of amides is 1. The first-order valence-electron chi connectivity index (χ1n) is 6.24. The minimum Gasteiger partial charge on any atom is -0.339 e. The number of nitrogens with two attached hydrogens (primary N) is 1. The molecule has 0 saturated heterocycles. The van der Waals surface area contributed by atoms with E-state index in [0.717, 1.165) is 19.4 Å². The molecule has 15 heavy (non-hydrogen) atoms. The number of rotatable bonds is 5. The largest absolute Gasteiger partial charge is 0.339 e. The Balaban J connectivity index is 1.88. The fraction of sp³-hybridized carbons (Fsp3) is 0.917. The normalized spacial score (nSPS) is 29.7. The summed E-state index contributed by atoms with van der Waals surface area (Å²) in [5.74, 6) is 1.36. The average Bonchev–Trinajstić information content (AvgIpc) is 2.85. The van der Waals surface area contributed by atoms with Crippen molar-refractivity contribution in [2.75, 3.05) is 13.1 Å². The Hall–Kier alpha value is -0.570. The van der Waals surface area contributed by atoms with Gasteiger partial charge in [-0.3, -0.25) is 4.79 Å². The lowest BCUT2D eigenvalue weighted by molar-refractivity contribution is -0.137. The zero-order chi connectivity index (χ0) is 10.8. The van der Waals surface area contributed by atoms with Crippen molar-refractivity contribution in [2.24, 2.45) is 17.6 Å². The first-order valence-corrected chi connectivity index (χ1v) is 6.24. The summed E-state index contributed by atoms with van der Waals surface area (Å²) >= 11 is 0. The van der Waals surface area contributed by atoms with Crippen LogP contribution in [0.2, 0.25) is 0 Å². The highest BCUT2D eigenvalue weighted by atomic mass is 16.2. The molecule has 86 valence electrons. The van der Waals surface area contributed by atoms with E-state index in [-0.39, 0.29) is 0 Å². The Morgan fingerprint density at radius 2 is 2.13 bits per heavy atom. The molecule has 2 fully saturated rings. The highest BCUT2D eigenvalue weighted by Gasteiger charge is 2.43. The van der Waals surface area contributed by atoms with E-state index in [0.29, 0.717) is 30.3 Å². The van der Waals surface area contributed by atoms with Crippen LogP contribution in [-0.2, 0) is 4.79 Å². The fourth-order valence-corrected chi connectivity index (χ4v) is 2.31. The van der Waals surface area contributed by atoms with Gasteiger partial charge in [-0.1, -0.05) is 6.92 Å². The summed E-state index contributed by atoms with van der Waals surface area (Å²) in [6.07, 6.45) is 5.75. The Kier molecular flexibility index (Phi) is 3.29. The van der Waals surface area contributed by atoms with Gasteiger partial charge >= 0.3 is 0 Å². The van der Waals surface area contributed by atoms with Crippen LogP contribution in [0.3, 0.4) is 0 Å². The van der Waals surface area contributed by atoms with Crippen LogP contribution in [0, 0.1) is 11.8 Å². The second-order valence-corrected chi connectivity index (χ2v) is 5.08. The summed E-state index contributed by atoms with van der Waals surface area (Å²) in [5.41, 5.74) is 5.52. The number of hydrogen-bond acceptors (Lipinski definition) is 2. The van der Waals surface area contributed by atoms with Crippen molar-refractivity contribution in [1.29, 1.82) is 0 Å². The van der Waals surface area contributed by atoms with Gasteiger partial charge in [-0.05, 0) is 44.6 Å². The van der Waals surface area contributed by atoms with E-state index in [1.165, 1.54) is 19.3 Å². The number of hydrogen-bond donors (Lipinski definition) is 1. The number of nitrogens with zero attached hydrogens (tertiary/aromatic N) is 1. The summed E-state index contributed by atoms with van der Waals surface area (Å²) in [4.78, 5) is 14.3. The molecule has 0 aromatic rings. The highest BCUT2D eigenvalue weighted by Crippen LogP contribution is 2.40. The van der Waals surface area contributed by atoms with Gasteiger partial charge in [0.25, 0.3) is 0 Å². The van der Waals surface area contributed by atoms with Crippen molar-refractivity contribution in [1.82, 2.24) is 4.90 Å². The minimum atomic E-state index is 0.336. The van der Waals surface area contributed by atoms with Crippen LogP contribution < -0.4 is 5.73 Å². The molecule has 3 nitrogen and oxygen atoms in total. The summed E-state index contributed by atoms with van der Waals surface area (Å²) in [7, 11) is 0. The Bertz CT molecular complexity index is 238. The van der Waals surface area contributed by atoms with Gasteiger partial charge < -0.3 is 10.6 Å². The standard InChI is InChI=1S/C12H22N2O/c1-9-8-11(9)12(15)14(7-3-6-13)10-4-2-5-10/h9-11H,2-8,13H2,1H3. The predicted molar refractivity (Wildman–Crippen MR) is 60.3 cm³/mol. The third kappa shape index (κ3) is 2.33. The lowest BCUT2D eigenvalue weighted by Crippen LogP contribution is -2.46. The molecule has 0 radical (unpaired) electrons. The first-order chi connectivity index (χ1) is 7.24. The summed E-state index contributed by atoms with van der Waals surface area (Å²) in [6.45, 7) is 3.74. The van der Waals surface area contributed by atoms with Crippen molar-refractivity contribution in [2.45, 2.75) is 45.1 Å². The molecule has 2 saturated carbocycles. The minimum absolute atomic E-state index is 0.336. The molecule has 2 aliphatic rings. The second-order valence-electron chi connectivity index (χ2n) is 5.08. The summed E-state index contributed by atoms with van der Waals surface area (Å²) in [5, 5.41) is 0. The first kappa shape index (κ1) is 10.9. The van der Waals surface area contributed by atoms with Gasteiger partial charge in [0.2, 0.25) is 5.91 Å². The van der Waals surface area contributed by atoms with Crippen molar-refractivity contribution in [3.8, 4) is 0 Å². The van der Waals surface area contributed by atoms with Crippen LogP contribution in [0.4, 0.5) is 0 Å². The van der Waals surface area contributed by atoms with Gasteiger partial charge in [-0.2, -0.15) is 0 Å². The average molecular weight is 210 g/mol. The van der Waals surface area contributed by atoms with E-state index < -0.39 is 0 Å². The third-order valence-corrected chi connectivity index (χ3v) is 3.83. The smallest absolute Gasteiger partial charge is 0.226 e. The SMILES string of the molecule is CC1CC1C(=O)N(CCCN)C1CCC1. The predicted octanol–water partition coefficient (Wildman–Crippen LogP) is 1.37. The van der Waals surface area contributed by atoms with Gasteiger partial charge in [0.05, 0.1) is 0 Å². The van der Waals surface area contributed by atoms with Crippen LogP contribution in [0.25, 0.3) is 0 Å². The van der Waals surface area contributed by atoms with Crippen LogP contribution in [0.15, 0.2) is 0 Å². The number of carbonyl (C=O) groups excluding carboxylic acids is 1. The van der Waals surface area contributed by atoms with E-state index in [4.69, 9.17) is 5.73 Å². The molecule has 0 aliphatic heterocycles. The van der Waals surface area contributed by atoms with Gasteiger partial charge in [0.15, 0.2) is 0 Å². The zero-order valence-electron chi connectivity index (χ0n) is 9.61. The van der Waals surface area contributed by atoms with Crippen LogP contribution in [-0.4, -0.2) is 29.9 Å². The summed E-state index contributed by atoms with van der Waals surface area (Å²) in [6, 6.07) is 0.539. The van der Waals surface area contributed by atoms with Crippen LogP contribution in [0.5, 0.6) is 0 Å². The molecule has 2 unspecified atom stereocenters. The monoisotopic (exact) mass is 210 g/mol. The van der Waals surface area contributed by atoms with Crippen LogP contribution in [0.1, 0.15) is 39.0 Å². The van der Waals surface area contributed by atoms with Crippen LogP contribution >= 0.6 is 0 Å². The molecule has 1 amide bonds. The molecule has 0 spiro atoms. The fourth-order valence-electron chi connectivity index (χ4n) is 2.31. The van der Waals surface area contributed by atoms with Crippen molar-refractivity contribution in [3.63, 3.8) is 0 Å². The number of carbonyl (C=O) groups is 1. The van der Waals surface area contributed by atoms with Gasteiger partial charge in [0, 0.05) is 18.5 Å². The lowest BCUT2D eigenvalue weighted by Gasteiger charge is -2.38. The molecule has 0 aromatic heterocycles. The molecule has 0 heterocycles. The van der Waals surface area contributed by atoms with Gasteiger partial charge in [-0.25, -0.2) is 0 Å². The molecule has 2 N–H and O–H groups in total. The van der Waals surface area contributed by atoms with E-state index >= 15 is 0 Å². The van der Waals surface area contributed by atoms with Crippen molar-refractivity contribution in [3.05, 3.63) is 0 Å². The van der Waals surface area contributed by atoms with E-state index in [9.17, 15) is 4.79 Å². The Labute approximate surface area is 92.0 Å².